The average molecular weight is 158 g/mol. The fourth-order valence-corrected chi connectivity index (χ4v) is 1.35. The van der Waals surface area contributed by atoms with Gasteiger partial charge in [0.15, 0.2) is 0 Å². The van der Waals surface area contributed by atoms with Crippen molar-refractivity contribution in [2.24, 2.45) is 5.92 Å². The van der Waals surface area contributed by atoms with Crippen molar-refractivity contribution >= 4 is 5.78 Å². The van der Waals surface area contributed by atoms with E-state index < -0.39 is 0 Å². The van der Waals surface area contributed by atoms with E-state index in [1.807, 2.05) is 0 Å². The monoisotopic (exact) mass is 158 g/mol. The Balaban J connectivity index is 3.59. The zero-order valence-electron chi connectivity index (χ0n) is 7.47. The number of aliphatic hydroxyl groups is 1. The van der Waals surface area contributed by atoms with Gasteiger partial charge in [0.1, 0.15) is 5.78 Å². The predicted octanol–water partition coefficient (Wildman–Crippen LogP) is 1.76. The molecular formula is C9H18O2. The molecule has 2 nitrogen and oxygen atoms in total. The highest BCUT2D eigenvalue weighted by atomic mass is 16.3. The zero-order valence-corrected chi connectivity index (χ0v) is 7.47. The van der Waals surface area contributed by atoms with Crippen LogP contribution in [0.5, 0.6) is 0 Å². The average Bonchev–Trinajstić information content (AvgIpc) is 1.87. The van der Waals surface area contributed by atoms with E-state index in [9.17, 15) is 4.79 Å². The molecule has 0 heterocycles. The van der Waals surface area contributed by atoms with Crippen molar-refractivity contribution in [1.29, 1.82) is 0 Å². The number of aliphatic hydroxyl groups excluding tert-OH is 1. The highest BCUT2D eigenvalue weighted by Crippen LogP contribution is 2.15. The first-order chi connectivity index (χ1) is 5.20. The van der Waals surface area contributed by atoms with Crippen molar-refractivity contribution in [1.82, 2.24) is 0 Å². The molecule has 0 fully saturated rings. The largest absolute Gasteiger partial charge is 0.396 e. The number of rotatable bonds is 6. The lowest BCUT2D eigenvalue weighted by atomic mass is 9.95. The van der Waals surface area contributed by atoms with Gasteiger partial charge >= 0.3 is 0 Å². The Hall–Kier alpha value is -0.370. The van der Waals surface area contributed by atoms with Crippen LogP contribution in [-0.2, 0) is 4.79 Å². The van der Waals surface area contributed by atoms with E-state index in [1.165, 1.54) is 0 Å². The van der Waals surface area contributed by atoms with E-state index in [2.05, 4.69) is 6.92 Å². The summed E-state index contributed by atoms with van der Waals surface area (Å²) in [4.78, 5) is 10.7. The molecule has 0 amide bonds. The first-order valence-corrected chi connectivity index (χ1v) is 4.31. The summed E-state index contributed by atoms with van der Waals surface area (Å²) in [7, 11) is 0. The van der Waals surface area contributed by atoms with E-state index >= 15 is 0 Å². The summed E-state index contributed by atoms with van der Waals surface area (Å²) in [5.41, 5.74) is 0. The minimum Gasteiger partial charge on any atom is -0.396 e. The molecular weight excluding hydrogens is 140 g/mol. The van der Waals surface area contributed by atoms with Crippen molar-refractivity contribution in [2.75, 3.05) is 6.61 Å². The third-order valence-corrected chi connectivity index (χ3v) is 1.81. The predicted molar refractivity (Wildman–Crippen MR) is 45.4 cm³/mol. The van der Waals surface area contributed by atoms with Crippen LogP contribution >= 0.6 is 0 Å². The fraction of sp³-hybridized carbons (Fsp3) is 0.889. The number of ketones is 1. The summed E-state index contributed by atoms with van der Waals surface area (Å²) >= 11 is 0. The first-order valence-electron chi connectivity index (χ1n) is 4.31. The van der Waals surface area contributed by atoms with Gasteiger partial charge < -0.3 is 9.90 Å². The quantitative estimate of drug-likeness (QED) is 0.639. The Morgan fingerprint density at radius 1 is 1.45 bits per heavy atom. The second-order valence-corrected chi connectivity index (χ2v) is 3.07. The Kier molecular flexibility index (Phi) is 6.13. The lowest BCUT2D eigenvalue weighted by molar-refractivity contribution is -0.118. The summed E-state index contributed by atoms with van der Waals surface area (Å²) in [5.74, 6) is 0.638. The Morgan fingerprint density at radius 2 is 2.09 bits per heavy atom. The van der Waals surface area contributed by atoms with Gasteiger partial charge in [0, 0.05) is 13.0 Å². The van der Waals surface area contributed by atoms with Crippen LogP contribution in [-0.4, -0.2) is 17.5 Å². The molecule has 0 spiro atoms. The third-order valence-electron chi connectivity index (χ3n) is 1.81. The maximum absolute atomic E-state index is 10.7. The molecule has 66 valence electrons. The molecule has 1 N–H and O–H groups in total. The van der Waals surface area contributed by atoms with Gasteiger partial charge in [-0.1, -0.05) is 19.8 Å². The normalized spacial score (nSPS) is 13.0. The molecule has 0 saturated carbocycles. The molecule has 0 aromatic rings. The van der Waals surface area contributed by atoms with Gasteiger partial charge in [-0.25, -0.2) is 0 Å². The third kappa shape index (κ3) is 6.05. The zero-order chi connectivity index (χ0) is 8.69. The molecule has 0 rings (SSSR count). The standard InChI is InChI=1S/C9H18O2/c1-3-4-9(5-6-10)7-8(2)11/h9-10H,3-7H2,1-2H3. The molecule has 0 saturated heterocycles. The Labute approximate surface area is 68.6 Å². The molecule has 0 aromatic carbocycles. The van der Waals surface area contributed by atoms with Crippen molar-refractivity contribution in [3.05, 3.63) is 0 Å². The highest BCUT2D eigenvalue weighted by Gasteiger charge is 2.08. The molecule has 0 bridgehead atoms. The van der Waals surface area contributed by atoms with Crippen LogP contribution in [0.4, 0.5) is 0 Å². The second-order valence-electron chi connectivity index (χ2n) is 3.07. The number of hydrogen-bond donors (Lipinski definition) is 1. The lowest BCUT2D eigenvalue weighted by Gasteiger charge is -2.11. The van der Waals surface area contributed by atoms with Crippen molar-refractivity contribution in [3.8, 4) is 0 Å². The molecule has 1 atom stereocenters. The molecule has 0 radical (unpaired) electrons. The van der Waals surface area contributed by atoms with Crippen LogP contribution in [0.3, 0.4) is 0 Å². The minimum absolute atomic E-state index is 0.206. The number of hydrogen-bond acceptors (Lipinski definition) is 2. The minimum atomic E-state index is 0.206. The smallest absolute Gasteiger partial charge is 0.130 e. The maximum atomic E-state index is 10.7. The van der Waals surface area contributed by atoms with Crippen LogP contribution < -0.4 is 0 Å². The van der Waals surface area contributed by atoms with Gasteiger partial charge in [0.2, 0.25) is 0 Å². The van der Waals surface area contributed by atoms with E-state index in [4.69, 9.17) is 5.11 Å². The van der Waals surface area contributed by atoms with Crippen molar-refractivity contribution < 1.29 is 9.90 Å². The SMILES string of the molecule is CCCC(CCO)CC(C)=O. The summed E-state index contributed by atoms with van der Waals surface area (Å²) < 4.78 is 0. The second kappa shape index (κ2) is 6.35. The summed E-state index contributed by atoms with van der Waals surface area (Å²) in [6.07, 6.45) is 3.56. The first kappa shape index (κ1) is 10.6. The molecule has 2 heteroatoms. The van der Waals surface area contributed by atoms with Crippen LogP contribution in [0.15, 0.2) is 0 Å². The molecule has 0 aromatic heterocycles. The Morgan fingerprint density at radius 3 is 2.45 bits per heavy atom. The topological polar surface area (TPSA) is 37.3 Å². The fourth-order valence-electron chi connectivity index (χ4n) is 1.35. The van der Waals surface area contributed by atoms with Gasteiger partial charge in [-0.3, -0.25) is 0 Å². The lowest BCUT2D eigenvalue weighted by Crippen LogP contribution is -2.07. The van der Waals surface area contributed by atoms with Crippen LogP contribution in [0.2, 0.25) is 0 Å². The number of Topliss-reactive ketones (excluding diaryl/α,β-unsaturated/α-hetero) is 1. The molecule has 0 aliphatic carbocycles. The van der Waals surface area contributed by atoms with Crippen molar-refractivity contribution in [3.63, 3.8) is 0 Å². The molecule has 1 unspecified atom stereocenters. The van der Waals surface area contributed by atoms with E-state index in [0.717, 1.165) is 19.3 Å². The van der Waals surface area contributed by atoms with Gasteiger partial charge in [0.25, 0.3) is 0 Å². The number of carbonyl (C=O) groups excluding carboxylic acids is 1. The summed E-state index contributed by atoms with van der Waals surface area (Å²) in [6.45, 7) is 3.92. The van der Waals surface area contributed by atoms with E-state index in [-0.39, 0.29) is 12.4 Å². The van der Waals surface area contributed by atoms with Gasteiger partial charge in [-0.15, -0.1) is 0 Å². The van der Waals surface area contributed by atoms with Gasteiger partial charge in [-0.05, 0) is 19.3 Å². The summed E-state index contributed by atoms with van der Waals surface area (Å²) in [6, 6.07) is 0. The molecule has 0 aliphatic heterocycles. The molecule has 11 heavy (non-hydrogen) atoms. The van der Waals surface area contributed by atoms with Crippen LogP contribution in [0.1, 0.15) is 39.5 Å². The van der Waals surface area contributed by atoms with Gasteiger partial charge in [0.05, 0.1) is 0 Å². The van der Waals surface area contributed by atoms with Crippen LogP contribution in [0, 0.1) is 5.92 Å². The molecule has 0 aliphatic rings. The van der Waals surface area contributed by atoms with Gasteiger partial charge in [-0.2, -0.15) is 0 Å². The van der Waals surface area contributed by atoms with Crippen LogP contribution in [0.25, 0.3) is 0 Å². The van der Waals surface area contributed by atoms with E-state index in [1.54, 1.807) is 6.92 Å². The van der Waals surface area contributed by atoms with E-state index in [0.29, 0.717) is 12.3 Å². The highest BCUT2D eigenvalue weighted by molar-refractivity contribution is 5.75. The number of carbonyl (C=O) groups is 1. The maximum Gasteiger partial charge on any atom is 0.130 e. The van der Waals surface area contributed by atoms with Crippen molar-refractivity contribution in [2.45, 2.75) is 39.5 Å². The summed E-state index contributed by atoms with van der Waals surface area (Å²) in [5, 5.41) is 8.66. The Bertz CT molecular complexity index is 104.